The first kappa shape index (κ1) is 12.3. The van der Waals surface area contributed by atoms with E-state index in [4.69, 9.17) is 4.74 Å². The molecule has 5 heteroatoms. The maximum Gasteiger partial charge on any atom is 0.336 e. The molecule has 2 rings (SSSR count). The lowest BCUT2D eigenvalue weighted by atomic mass is 10.2. The van der Waals surface area contributed by atoms with Gasteiger partial charge in [0.25, 0.3) is 0 Å². The van der Waals surface area contributed by atoms with Crippen LogP contribution in [0, 0.1) is 6.92 Å². The highest BCUT2D eigenvalue weighted by atomic mass is 16.5. The average molecular weight is 246 g/mol. The predicted molar refractivity (Wildman–Crippen MR) is 65.8 cm³/mol. The first-order chi connectivity index (χ1) is 8.61. The fourth-order valence-corrected chi connectivity index (χ4v) is 1.73. The van der Waals surface area contributed by atoms with Gasteiger partial charge in [0.05, 0.1) is 18.6 Å². The predicted octanol–water partition coefficient (Wildman–Crippen LogP) is 1.57. The molecule has 0 N–H and O–H groups in total. The summed E-state index contributed by atoms with van der Waals surface area (Å²) >= 11 is 0. The smallest absolute Gasteiger partial charge is 0.336 e. The fraction of sp³-hybridized carbons (Fsp3) is 0.308. The minimum Gasteiger partial charge on any atom is -0.463 e. The minimum absolute atomic E-state index is 0.0639. The van der Waals surface area contributed by atoms with E-state index >= 15 is 0 Å². The Labute approximate surface area is 105 Å². The quantitative estimate of drug-likeness (QED) is 0.760. The van der Waals surface area contributed by atoms with Crippen molar-refractivity contribution in [3.63, 3.8) is 0 Å². The summed E-state index contributed by atoms with van der Waals surface area (Å²) in [5.41, 5.74) is 1.18. The molecule has 0 fully saturated rings. The van der Waals surface area contributed by atoms with Crippen LogP contribution in [0.3, 0.4) is 0 Å². The third-order valence-electron chi connectivity index (χ3n) is 2.55. The lowest BCUT2D eigenvalue weighted by Gasteiger charge is -2.12. The van der Waals surface area contributed by atoms with Crippen molar-refractivity contribution >= 4 is 17.7 Å². The second kappa shape index (κ2) is 5.00. The van der Waals surface area contributed by atoms with Crippen LogP contribution in [0.15, 0.2) is 30.0 Å². The molecule has 1 amide bonds. The van der Waals surface area contributed by atoms with Gasteiger partial charge in [-0.2, -0.15) is 0 Å². The molecule has 0 unspecified atom stereocenters. The molecule has 0 aromatic carbocycles. The normalized spacial score (nSPS) is 14.7. The molecule has 0 radical (unpaired) electrons. The minimum atomic E-state index is -0.444. The zero-order chi connectivity index (χ0) is 13.1. The number of amides is 1. The molecule has 0 saturated carbocycles. The van der Waals surface area contributed by atoms with Crippen molar-refractivity contribution in [2.24, 2.45) is 0 Å². The molecule has 94 valence electrons. The second-order valence-electron chi connectivity index (χ2n) is 3.95. The monoisotopic (exact) mass is 246 g/mol. The van der Waals surface area contributed by atoms with E-state index in [0.717, 1.165) is 5.69 Å². The molecule has 5 nitrogen and oxygen atoms in total. The molecule has 0 spiro atoms. The number of hydrogen-bond donors (Lipinski definition) is 0. The molecule has 1 aromatic rings. The number of aryl methyl sites for hydroxylation is 1. The van der Waals surface area contributed by atoms with Gasteiger partial charge in [0, 0.05) is 11.9 Å². The summed E-state index contributed by atoms with van der Waals surface area (Å²) in [5.74, 6) is -0.0866. The Balaban J connectivity index is 2.24. The summed E-state index contributed by atoms with van der Waals surface area (Å²) in [4.78, 5) is 29.0. The van der Waals surface area contributed by atoms with E-state index in [1.165, 1.54) is 11.1 Å². The molecular formula is C13H14N2O3. The summed E-state index contributed by atoms with van der Waals surface area (Å²) in [6.07, 6.45) is 1.57. The molecular weight excluding hydrogens is 232 g/mol. The number of rotatable bonds is 3. The molecule has 18 heavy (non-hydrogen) atoms. The van der Waals surface area contributed by atoms with E-state index in [1.54, 1.807) is 13.0 Å². The highest BCUT2D eigenvalue weighted by molar-refractivity contribution is 6.07. The van der Waals surface area contributed by atoms with Crippen LogP contribution in [0.25, 0.3) is 0 Å². The van der Waals surface area contributed by atoms with Gasteiger partial charge in [-0.15, -0.1) is 0 Å². The topological polar surface area (TPSA) is 59.5 Å². The van der Waals surface area contributed by atoms with Gasteiger partial charge in [0.1, 0.15) is 5.82 Å². The molecule has 0 atom stereocenters. The third-order valence-corrected chi connectivity index (χ3v) is 2.55. The summed E-state index contributed by atoms with van der Waals surface area (Å²) in [6.45, 7) is 3.88. The maximum absolute atomic E-state index is 11.8. The summed E-state index contributed by atoms with van der Waals surface area (Å²) in [6, 6.07) is 5.40. The summed E-state index contributed by atoms with van der Waals surface area (Å²) in [7, 11) is 0. The Bertz CT molecular complexity index is 523. The van der Waals surface area contributed by atoms with E-state index < -0.39 is 5.97 Å². The van der Waals surface area contributed by atoms with Gasteiger partial charge in [0.2, 0.25) is 5.91 Å². The van der Waals surface area contributed by atoms with Gasteiger partial charge in [-0.05, 0) is 26.0 Å². The number of aromatic nitrogens is 1. The van der Waals surface area contributed by atoms with Gasteiger partial charge >= 0.3 is 5.97 Å². The van der Waals surface area contributed by atoms with Crippen molar-refractivity contribution in [2.45, 2.75) is 20.3 Å². The Morgan fingerprint density at radius 2 is 2.28 bits per heavy atom. The van der Waals surface area contributed by atoms with E-state index in [2.05, 4.69) is 4.98 Å². The van der Waals surface area contributed by atoms with Crippen LogP contribution in [0.5, 0.6) is 0 Å². The van der Waals surface area contributed by atoms with Crippen LogP contribution in [0.2, 0.25) is 0 Å². The SMILES string of the molecule is CCOC(=O)C1=CN(c2cccc(C)n2)C(=O)C1. The van der Waals surface area contributed by atoms with Crippen molar-refractivity contribution in [3.8, 4) is 0 Å². The Morgan fingerprint density at radius 1 is 1.50 bits per heavy atom. The van der Waals surface area contributed by atoms with Gasteiger partial charge in [0.15, 0.2) is 0 Å². The molecule has 1 aliphatic rings. The van der Waals surface area contributed by atoms with Crippen molar-refractivity contribution in [1.29, 1.82) is 0 Å². The van der Waals surface area contributed by atoms with Gasteiger partial charge in [-0.25, -0.2) is 9.78 Å². The Kier molecular flexibility index (Phi) is 3.41. The number of hydrogen-bond acceptors (Lipinski definition) is 4. The molecule has 1 aliphatic heterocycles. The molecule has 0 bridgehead atoms. The van der Waals surface area contributed by atoms with Crippen molar-refractivity contribution < 1.29 is 14.3 Å². The van der Waals surface area contributed by atoms with Crippen LogP contribution >= 0.6 is 0 Å². The highest BCUT2D eigenvalue weighted by Gasteiger charge is 2.28. The lowest BCUT2D eigenvalue weighted by molar-refractivity contribution is -0.139. The van der Waals surface area contributed by atoms with E-state index in [0.29, 0.717) is 18.0 Å². The zero-order valence-electron chi connectivity index (χ0n) is 10.3. The molecule has 2 heterocycles. The van der Waals surface area contributed by atoms with E-state index in [9.17, 15) is 9.59 Å². The third kappa shape index (κ3) is 2.40. The number of nitrogens with zero attached hydrogens (tertiary/aromatic N) is 2. The first-order valence-electron chi connectivity index (χ1n) is 5.75. The molecule has 0 saturated heterocycles. The van der Waals surface area contributed by atoms with E-state index in [-0.39, 0.29) is 12.3 Å². The van der Waals surface area contributed by atoms with Gasteiger partial charge in [-0.3, -0.25) is 9.69 Å². The number of esters is 1. The standard InChI is InChI=1S/C13H14N2O3/c1-3-18-13(17)10-7-12(16)15(8-10)11-6-4-5-9(2)14-11/h4-6,8H,3,7H2,1-2H3. The second-order valence-corrected chi connectivity index (χ2v) is 3.95. The number of pyridine rings is 1. The Morgan fingerprint density at radius 3 is 2.94 bits per heavy atom. The lowest BCUT2D eigenvalue weighted by Crippen LogP contribution is -2.20. The van der Waals surface area contributed by atoms with Crippen molar-refractivity contribution in [1.82, 2.24) is 4.98 Å². The van der Waals surface area contributed by atoms with Crippen LogP contribution in [0.1, 0.15) is 19.0 Å². The van der Waals surface area contributed by atoms with Gasteiger partial charge < -0.3 is 4.74 Å². The summed E-state index contributed by atoms with van der Waals surface area (Å²) < 4.78 is 4.88. The largest absolute Gasteiger partial charge is 0.463 e. The van der Waals surface area contributed by atoms with Crippen LogP contribution in [-0.2, 0) is 14.3 Å². The number of carbonyl (C=O) groups excluding carboxylic acids is 2. The van der Waals surface area contributed by atoms with Gasteiger partial charge in [-0.1, -0.05) is 6.07 Å². The maximum atomic E-state index is 11.8. The highest BCUT2D eigenvalue weighted by Crippen LogP contribution is 2.23. The van der Waals surface area contributed by atoms with Crippen molar-refractivity contribution in [2.75, 3.05) is 11.5 Å². The van der Waals surface area contributed by atoms with Crippen LogP contribution in [0.4, 0.5) is 5.82 Å². The first-order valence-corrected chi connectivity index (χ1v) is 5.75. The molecule has 1 aromatic heterocycles. The number of anilines is 1. The number of ether oxygens (including phenoxy) is 1. The molecule has 0 aliphatic carbocycles. The van der Waals surface area contributed by atoms with Crippen LogP contribution < -0.4 is 4.90 Å². The average Bonchev–Trinajstić information content (AvgIpc) is 2.72. The Hall–Kier alpha value is -2.17. The van der Waals surface area contributed by atoms with Crippen molar-refractivity contribution in [3.05, 3.63) is 35.7 Å². The van der Waals surface area contributed by atoms with Crippen LogP contribution in [-0.4, -0.2) is 23.5 Å². The zero-order valence-corrected chi connectivity index (χ0v) is 10.3. The fourth-order valence-electron chi connectivity index (χ4n) is 1.73. The number of carbonyl (C=O) groups is 2. The summed E-state index contributed by atoms with van der Waals surface area (Å²) in [5, 5.41) is 0. The van der Waals surface area contributed by atoms with E-state index in [1.807, 2.05) is 19.1 Å².